The summed E-state index contributed by atoms with van der Waals surface area (Å²) in [6, 6.07) is 10.9. The number of anilines is 1. The van der Waals surface area contributed by atoms with Crippen molar-refractivity contribution in [2.45, 2.75) is 57.2 Å². The molecular formula is C28H39BN8O. The van der Waals surface area contributed by atoms with E-state index in [1.165, 1.54) is 44.6 Å². The third kappa shape index (κ3) is 6.34. The zero-order valence-corrected chi connectivity index (χ0v) is 22.8. The molecule has 0 unspecified atom stereocenters. The Morgan fingerprint density at radius 2 is 1.76 bits per heavy atom. The van der Waals surface area contributed by atoms with Crippen LogP contribution in [-0.2, 0) is 6.54 Å². The molecule has 1 amide bonds. The van der Waals surface area contributed by atoms with Gasteiger partial charge in [-0.3, -0.25) is 25.0 Å². The van der Waals surface area contributed by atoms with Crippen molar-refractivity contribution >= 4 is 25.0 Å². The van der Waals surface area contributed by atoms with Gasteiger partial charge in [0.05, 0.1) is 6.04 Å². The summed E-state index contributed by atoms with van der Waals surface area (Å²) < 4.78 is 0. The first-order valence-corrected chi connectivity index (χ1v) is 14.1. The van der Waals surface area contributed by atoms with Crippen LogP contribution in [0.25, 0.3) is 0 Å². The maximum Gasteiger partial charge on any atom is 0.269 e. The second kappa shape index (κ2) is 12.2. The number of rotatable bonds is 7. The van der Waals surface area contributed by atoms with Crippen LogP contribution in [0.15, 0.2) is 30.5 Å². The van der Waals surface area contributed by atoms with Crippen LogP contribution >= 0.6 is 0 Å². The Balaban J connectivity index is 1.18. The van der Waals surface area contributed by atoms with Crippen LogP contribution in [0, 0.1) is 11.3 Å². The molecule has 1 aliphatic carbocycles. The number of amides is 1. The molecule has 2 aliphatic heterocycles. The number of piperidine rings is 1. The third-order valence-corrected chi connectivity index (χ3v) is 8.42. The predicted octanol–water partition coefficient (Wildman–Crippen LogP) is 0.912. The number of hydrogen-bond donors (Lipinski definition) is 1. The van der Waals surface area contributed by atoms with Crippen LogP contribution < -0.4 is 15.9 Å². The first-order chi connectivity index (χ1) is 18.5. The Kier molecular flexibility index (Phi) is 8.57. The van der Waals surface area contributed by atoms with Gasteiger partial charge in [0.25, 0.3) is 5.91 Å². The molecular weight excluding hydrogens is 475 g/mol. The summed E-state index contributed by atoms with van der Waals surface area (Å²) >= 11 is 0. The highest BCUT2D eigenvalue weighted by molar-refractivity contribution is 6.35. The average molecular weight is 514 g/mol. The Morgan fingerprint density at radius 1 is 1.08 bits per heavy atom. The van der Waals surface area contributed by atoms with Gasteiger partial charge in [-0.1, -0.05) is 25.0 Å². The maximum atomic E-state index is 13.3. The number of carbonyl (C=O) groups excluding carboxylic acids is 1. The quantitative estimate of drug-likeness (QED) is 0.431. The summed E-state index contributed by atoms with van der Waals surface area (Å²) in [7, 11) is 4.12. The Labute approximate surface area is 227 Å². The van der Waals surface area contributed by atoms with Gasteiger partial charge in [0.15, 0.2) is 0 Å². The number of hydrogen-bond acceptors (Lipinski definition) is 8. The molecule has 2 aromatic rings. The number of nitrogens with one attached hydrogen (secondary N) is 1. The minimum atomic E-state index is -0.159. The minimum absolute atomic E-state index is 0.111. The second-order valence-corrected chi connectivity index (χ2v) is 11.1. The van der Waals surface area contributed by atoms with E-state index in [0.29, 0.717) is 11.4 Å². The molecule has 0 bridgehead atoms. The fourth-order valence-electron chi connectivity index (χ4n) is 6.03. The van der Waals surface area contributed by atoms with E-state index in [-0.39, 0.29) is 17.8 Å². The zero-order valence-electron chi connectivity index (χ0n) is 22.8. The number of benzene rings is 1. The number of aromatic nitrogens is 2. The SMILES string of the molecule is Bc1cnc(C#N)nc1N(NC(=O)c1ccc(CN2CCC(N3CCN(C)CC3)CC2)cc1)C1CCCC1. The van der Waals surface area contributed by atoms with Crippen molar-refractivity contribution in [3.8, 4) is 6.07 Å². The molecule has 1 aromatic heterocycles. The number of nitrogens with zero attached hydrogens (tertiary/aromatic N) is 7. The van der Waals surface area contributed by atoms with Crippen LogP contribution in [0.1, 0.15) is 60.3 Å². The van der Waals surface area contributed by atoms with Crippen LogP contribution in [0.5, 0.6) is 0 Å². The molecule has 1 saturated carbocycles. The monoisotopic (exact) mass is 514 g/mol. The molecule has 5 rings (SSSR count). The van der Waals surface area contributed by atoms with E-state index in [1.54, 1.807) is 6.20 Å². The predicted molar refractivity (Wildman–Crippen MR) is 151 cm³/mol. The fraction of sp³-hybridized carbons (Fsp3) is 0.571. The highest BCUT2D eigenvalue weighted by atomic mass is 16.2. The van der Waals surface area contributed by atoms with E-state index in [1.807, 2.05) is 31.1 Å². The van der Waals surface area contributed by atoms with Crippen LogP contribution in [0.4, 0.5) is 5.82 Å². The first kappa shape index (κ1) is 26.6. The molecule has 0 atom stereocenters. The van der Waals surface area contributed by atoms with Gasteiger partial charge in [-0.15, -0.1) is 0 Å². The second-order valence-electron chi connectivity index (χ2n) is 11.1. The molecule has 0 radical (unpaired) electrons. The van der Waals surface area contributed by atoms with Crippen molar-refractivity contribution < 1.29 is 4.79 Å². The lowest BCUT2D eigenvalue weighted by Gasteiger charge is -2.42. The molecule has 1 N–H and O–H groups in total. The lowest BCUT2D eigenvalue weighted by atomic mass is 9.98. The van der Waals surface area contributed by atoms with Gasteiger partial charge >= 0.3 is 0 Å². The van der Waals surface area contributed by atoms with E-state index >= 15 is 0 Å². The summed E-state index contributed by atoms with van der Waals surface area (Å²) in [5.74, 6) is 0.557. The van der Waals surface area contributed by atoms with E-state index in [0.717, 1.165) is 56.8 Å². The van der Waals surface area contributed by atoms with Crippen LogP contribution in [0.2, 0.25) is 0 Å². The van der Waals surface area contributed by atoms with Crippen molar-refractivity contribution in [2.75, 3.05) is 51.3 Å². The zero-order chi connectivity index (χ0) is 26.5. The molecule has 1 aromatic carbocycles. The summed E-state index contributed by atoms with van der Waals surface area (Å²) in [6.07, 6.45) is 8.32. The van der Waals surface area contributed by atoms with E-state index in [9.17, 15) is 10.1 Å². The van der Waals surface area contributed by atoms with Crippen molar-refractivity contribution in [1.82, 2.24) is 30.1 Å². The minimum Gasteiger partial charge on any atom is -0.304 e. The third-order valence-electron chi connectivity index (χ3n) is 8.42. The summed E-state index contributed by atoms with van der Waals surface area (Å²) in [5.41, 5.74) is 5.79. The number of nitriles is 1. The molecule has 3 aliphatic rings. The van der Waals surface area contributed by atoms with Gasteiger partial charge in [0, 0.05) is 50.5 Å². The summed E-state index contributed by atoms with van der Waals surface area (Å²) in [6.45, 7) is 7.91. The average Bonchev–Trinajstić information content (AvgIpc) is 3.48. The molecule has 3 heterocycles. The standard InChI is InChI=1S/C28H39BN8O/c1-34-14-16-36(17-15-34)23-10-12-35(13-11-23)20-21-6-8-22(9-7-21)28(38)33-37(24-4-2-3-5-24)27-25(29)19-31-26(18-30)32-27/h6-9,19,23-24H,2-5,10-17,20,29H2,1H3,(H,33,38). The molecule has 3 fully saturated rings. The molecule has 200 valence electrons. The maximum absolute atomic E-state index is 13.3. The van der Waals surface area contributed by atoms with Crippen LogP contribution in [0.3, 0.4) is 0 Å². The van der Waals surface area contributed by atoms with Crippen molar-refractivity contribution in [1.29, 1.82) is 5.26 Å². The number of carbonyl (C=O) groups is 1. The number of piperazine rings is 1. The fourth-order valence-corrected chi connectivity index (χ4v) is 6.03. The van der Waals surface area contributed by atoms with Crippen molar-refractivity contribution in [3.05, 3.63) is 47.4 Å². The molecule has 9 nitrogen and oxygen atoms in total. The number of likely N-dealkylation sites (N-methyl/N-ethyl adjacent to an activating group) is 1. The van der Waals surface area contributed by atoms with Gasteiger partial charge in [-0.25, -0.2) is 9.97 Å². The number of likely N-dealkylation sites (tertiary alicyclic amines) is 1. The highest BCUT2D eigenvalue weighted by Gasteiger charge is 2.28. The van der Waals surface area contributed by atoms with Gasteiger partial charge in [-0.2, -0.15) is 5.26 Å². The molecule has 0 spiro atoms. The molecule has 2 saturated heterocycles. The largest absolute Gasteiger partial charge is 0.304 e. The summed E-state index contributed by atoms with van der Waals surface area (Å²) in [5, 5.41) is 11.2. The van der Waals surface area contributed by atoms with E-state index in [2.05, 4.69) is 49.3 Å². The Morgan fingerprint density at radius 3 is 2.42 bits per heavy atom. The summed E-state index contributed by atoms with van der Waals surface area (Å²) in [4.78, 5) is 29.4. The molecule has 10 heteroatoms. The highest BCUT2D eigenvalue weighted by Crippen LogP contribution is 2.25. The van der Waals surface area contributed by atoms with E-state index < -0.39 is 0 Å². The van der Waals surface area contributed by atoms with Crippen LogP contribution in [-0.4, -0.2) is 96.8 Å². The van der Waals surface area contributed by atoms with Crippen molar-refractivity contribution in [3.63, 3.8) is 0 Å². The smallest absolute Gasteiger partial charge is 0.269 e. The van der Waals surface area contributed by atoms with Gasteiger partial charge in [0.1, 0.15) is 19.7 Å². The van der Waals surface area contributed by atoms with Crippen molar-refractivity contribution in [2.24, 2.45) is 0 Å². The van der Waals surface area contributed by atoms with Gasteiger partial charge in [-0.05, 0) is 69.0 Å². The number of hydrazine groups is 1. The Hall–Kier alpha value is -3.00. The molecule has 38 heavy (non-hydrogen) atoms. The lowest BCUT2D eigenvalue weighted by Crippen LogP contribution is -2.52. The van der Waals surface area contributed by atoms with E-state index in [4.69, 9.17) is 0 Å². The van der Waals surface area contributed by atoms with Gasteiger partial charge < -0.3 is 4.90 Å². The van der Waals surface area contributed by atoms with Gasteiger partial charge in [0.2, 0.25) is 5.82 Å². The normalized spacial score (nSPS) is 20.3. The lowest BCUT2D eigenvalue weighted by molar-refractivity contribution is 0.0658. The Bertz CT molecular complexity index is 1130. The first-order valence-electron chi connectivity index (χ1n) is 14.1. The topological polar surface area (TPSA) is 91.6 Å².